The molecule has 0 saturated carbocycles. The van der Waals surface area contributed by atoms with Gasteiger partial charge in [-0.3, -0.25) is 0 Å². The van der Waals surface area contributed by atoms with Crippen LogP contribution < -0.4 is 10.5 Å². The number of aromatic nitrogens is 1. The second-order valence-corrected chi connectivity index (χ2v) is 5.90. The Balaban J connectivity index is 1.92. The van der Waals surface area contributed by atoms with E-state index in [1.807, 2.05) is 6.92 Å². The summed E-state index contributed by atoms with van der Waals surface area (Å²) in [5, 5.41) is 0.994. The number of nitrogens with zero attached hydrogens (tertiary/aromatic N) is 1. The van der Waals surface area contributed by atoms with Gasteiger partial charge in [0.2, 0.25) is 0 Å². The Morgan fingerprint density at radius 2 is 2.21 bits per heavy atom. The standard InChI is InChI=1S/C14H16N2OS2/c1-9-3-4-10(2)11(7-9)17-6-5-13-16-8-12(19-13)14(15)18/h3-4,7-8H,5-6H2,1-2H3,(H2,15,18). The summed E-state index contributed by atoms with van der Waals surface area (Å²) in [5.74, 6) is 0.936. The molecule has 0 aliphatic rings. The van der Waals surface area contributed by atoms with Crippen molar-refractivity contribution in [3.8, 4) is 5.75 Å². The fraction of sp³-hybridized carbons (Fsp3) is 0.286. The lowest BCUT2D eigenvalue weighted by molar-refractivity contribution is 0.319. The maximum atomic E-state index is 5.79. The Hall–Kier alpha value is -1.46. The lowest BCUT2D eigenvalue weighted by Gasteiger charge is -2.08. The molecule has 1 aromatic carbocycles. The summed E-state index contributed by atoms with van der Waals surface area (Å²) in [6.07, 6.45) is 2.49. The summed E-state index contributed by atoms with van der Waals surface area (Å²) < 4.78 is 5.79. The van der Waals surface area contributed by atoms with E-state index in [4.69, 9.17) is 22.7 Å². The normalized spacial score (nSPS) is 10.4. The van der Waals surface area contributed by atoms with Crippen LogP contribution in [0.4, 0.5) is 0 Å². The summed E-state index contributed by atoms with van der Waals surface area (Å²) in [4.78, 5) is 5.54. The zero-order chi connectivity index (χ0) is 13.8. The van der Waals surface area contributed by atoms with E-state index in [1.165, 1.54) is 16.9 Å². The third-order valence-corrected chi connectivity index (χ3v) is 4.15. The average molecular weight is 292 g/mol. The number of aryl methyl sites for hydroxylation is 2. The maximum Gasteiger partial charge on any atom is 0.122 e. The highest BCUT2D eigenvalue weighted by molar-refractivity contribution is 7.81. The first-order valence-electron chi connectivity index (χ1n) is 6.01. The zero-order valence-electron chi connectivity index (χ0n) is 11.0. The van der Waals surface area contributed by atoms with Crippen molar-refractivity contribution in [3.63, 3.8) is 0 Å². The molecule has 0 fully saturated rings. The van der Waals surface area contributed by atoms with Crippen LogP contribution in [0.5, 0.6) is 5.75 Å². The molecule has 1 heterocycles. The van der Waals surface area contributed by atoms with Crippen molar-refractivity contribution in [2.24, 2.45) is 5.73 Å². The highest BCUT2D eigenvalue weighted by atomic mass is 32.1. The van der Waals surface area contributed by atoms with Gasteiger partial charge in [0.15, 0.2) is 0 Å². The van der Waals surface area contributed by atoms with E-state index in [2.05, 4.69) is 30.1 Å². The maximum absolute atomic E-state index is 5.79. The topological polar surface area (TPSA) is 48.1 Å². The van der Waals surface area contributed by atoms with Crippen molar-refractivity contribution in [2.75, 3.05) is 6.61 Å². The van der Waals surface area contributed by atoms with Gasteiger partial charge in [0.05, 0.1) is 16.5 Å². The number of hydrogen-bond donors (Lipinski definition) is 1. The third-order valence-electron chi connectivity index (χ3n) is 2.71. The minimum Gasteiger partial charge on any atom is -0.493 e. The van der Waals surface area contributed by atoms with Crippen molar-refractivity contribution in [1.82, 2.24) is 4.98 Å². The molecule has 0 aliphatic carbocycles. The van der Waals surface area contributed by atoms with Crippen molar-refractivity contribution in [2.45, 2.75) is 20.3 Å². The fourth-order valence-corrected chi connectivity index (χ4v) is 2.58. The van der Waals surface area contributed by atoms with E-state index >= 15 is 0 Å². The largest absolute Gasteiger partial charge is 0.493 e. The second-order valence-electron chi connectivity index (χ2n) is 4.35. The average Bonchev–Trinajstić information content (AvgIpc) is 2.82. The van der Waals surface area contributed by atoms with Crippen LogP contribution in [-0.2, 0) is 6.42 Å². The predicted molar refractivity (Wildman–Crippen MR) is 83.1 cm³/mol. The number of rotatable bonds is 5. The van der Waals surface area contributed by atoms with Gasteiger partial charge in [-0.1, -0.05) is 24.4 Å². The van der Waals surface area contributed by atoms with E-state index in [0.29, 0.717) is 11.6 Å². The monoisotopic (exact) mass is 292 g/mol. The molecular formula is C14H16N2OS2. The van der Waals surface area contributed by atoms with Crippen LogP contribution in [0.1, 0.15) is 21.0 Å². The summed E-state index contributed by atoms with van der Waals surface area (Å²) in [5.41, 5.74) is 7.90. The van der Waals surface area contributed by atoms with E-state index in [1.54, 1.807) is 6.20 Å². The fourth-order valence-electron chi connectivity index (χ4n) is 1.65. The van der Waals surface area contributed by atoms with E-state index in [9.17, 15) is 0 Å². The Bertz CT molecular complexity index is 593. The van der Waals surface area contributed by atoms with Gasteiger partial charge in [0.25, 0.3) is 0 Å². The van der Waals surface area contributed by atoms with Crippen LogP contribution in [0.2, 0.25) is 0 Å². The molecule has 0 spiro atoms. The smallest absolute Gasteiger partial charge is 0.122 e. The molecule has 1 aromatic heterocycles. The van der Waals surface area contributed by atoms with Gasteiger partial charge in [0, 0.05) is 12.6 Å². The molecule has 19 heavy (non-hydrogen) atoms. The molecule has 2 aromatic rings. The summed E-state index contributed by atoms with van der Waals surface area (Å²) >= 11 is 6.44. The minimum absolute atomic E-state index is 0.402. The predicted octanol–water partition coefficient (Wildman–Crippen LogP) is 3.02. The first-order chi connectivity index (χ1) is 9.06. The first-order valence-corrected chi connectivity index (χ1v) is 7.23. The number of nitrogens with two attached hydrogens (primary N) is 1. The summed E-state index contributed by atoms with van der Waals surface area (Å²) in [7, 11) is 0. The molecule has 0 atom stereocenters. The van der Waals surface area contributed by atoms with Gasteiger partial charge in [0.1, 0.15) is 10.7 Å². The van der Waals surface area contributed by atoms with Gasteiger partial charge in [-0.25, -0.2) is 4.98 Å². The van der Waals surface area contributed by atoms with Crippen LogP contribution in [0.3, 0.4) is 0 Å². The minimum atomic E-state index is 0.402. The molecule has 0 radical (unpaired) electrons. The number of thiocarbonyl (C=S) groups is 1. The Morgan fingerprint density at radius 3 is 2.89 bits per heavy atom. The number of thiazole rings is 1. The van der Waals surface area contributed by atoms with Gasteiger partial charge in [-0.2, -0.15) is 0 Å². The first kappa shape index (κ1) is 14.0. The van der Waals surface area contributed by atoms with Crippen molar-refractivity contribution < 1.29 is 4.74 Å². The third kappa shape index (κ3) is 3.75. The van der Waals surface area contributed by atoms with Crippen molar-refractivity contribution in [3.05, 3.63) is 45.4 Å². The van der Waals surface area contributed by atoms with E-state index < -0.39 is 0 Å². The summed E-state index contributed by atoms with van der Waals surface area (Å²) in [6, 6.07) is 6.20. The second kappa shape index (κ2) is 6.12. The van der Waals surface area contributed by atoms with Crippen molar-refractivity contribution >= 4 is 28.5 Å². The quantitative estimate of drug-likeness (QED) is 0.861. The highest BCUT2D eigenvalue weighted by Crippen LogP contribution is 2.20. The molecule has 0 aliphatic heterocycles. The van der Waals surface area contributed by atoms with E-state index in [-0.39, 0.29) is 0 Å². The highest BCUT2D eigenvalue weighted by Gasteiger charge is 2.05. The number of benzene rings is 1. The molecule has 3 nitrogen and oxygen atoms in total. The Morgan fingerprint density at radius 1 is 1.42 bits per heavy atom. The Labute approximate surface area is 122 Å². The van der Waals surface area contributed by atoms with Gasteiger partial charge < -0.3 is 10.5 Å². The Kier molecular flexibility index (Phi) is 4.50. The van der Waals surface area contributed by atoms with E-state index in [0.717, 1.165) is 27.6 Å². The van der Waals surface area contributed by atoms with Crippen LogP contribution >= 0.6 is 23.6 Å². The molecule has 0 unspecified atom stereocenters. The van der Waals surface area contributed by atoms with Crippen LogP contribution in [0, 0.1) is 13.8 Å². The molecular weight excluding hydrogens is 276 g/mol. The van der Waals surface area contributed by atoms with Crippen LogP contribution in [0.15, 0.2) is 24.4 Å². The summed E-state index contributed by atoms with van der Waals surface area (Å²) in [6.45, 7) is 4.71. The van der Waals surface area contributed by atoms with Crippen LogP contribution in [-0.4, -0.2) is 16.6 Å². The molecule has 0 bridgehead atoms. The number of hydrogen-bond acceptors (Lipinski definition) is 4. The molecule has 0 saturated heterocycles. The molecule has 0 amide bonds. The zero-order valence-corrected chi connectivity index (χ0v) is 12.6. The van der Waals surface area contributed by atoms with Gasteiger partial charge in [-0.15, -0.1) is 11.3 Å². The van der Waals surface area contributed by atoms with Crippen molar-refractivity contribution in [1.29, 1.82) is 0 Å². The molecule has 2 N–H and O–H groups in total. The van der Waals surface area contributed by atoms with Gasteiger partial charge in [-0.05, 0) is 31.0 Å². The lowest BCUT2D eigenvalue weighted by Crippen LogP contribution is -2.06. The molecule has 2 rings (SSSR count). The SMILES string of the molecule is Cc1ccc(C)c(OCCc2ncc(C(N)=S)s2)c1. The number of ether oxygens (including phenoxy) is 1. The molecule has 100 valence electrons. The molecule has 5 heteroatoms. The van der Waals surface area contributed by atoms with Crippen LogP contribution in [0.25, 0.3) is 0 Å². The van der Waals surface area contributed by atoms with Gasteiger partial charge >= 0.3 is 0 Å². The lowest BCUT2D eigenvalue weighted by atomic mass is 10.1.